The topological polar surface area (TPSA) is 105 Å². The number of hydrogen-bond donors (Lipinski definition) is 3. The lowest BCUT2D eigenvalue weighted by molar-refractivity contribution is 0.00688. The number of benzene rings is 3. The van der Waals surface area contributed by atoms with E-state index in [1.807, 2.05) is 36.4 Å². The van der Waals surface area contributed by atoms with Crippen molar-refractivity contribution in [2.75, 3.05) is 11.9 Å². The van der Waals surface area contributed by atoms with Crippen molar-refractivity contribution in [1.82, 2.24) is 0 Å². The van der Waals surface area contributed by atoms with Gasteiger partial charge in [-0.2, -0.15) is 0 Å². The smallest absolute Gasteiger partial charge is 0.456 e. The molecule has 1 aliphatic carbocycles. The fraction of sp³-hybridized carbons (Fsp3) is 0.259. The fourth-order valence-corrected chi connectivity index (χ4v) is 4.37. The predicted molar refractivity (Wildman–Crippen MR) is 135 cm³/mol. The molecule has 0 unspecified atom stereocenters. The Hall–Kier alpha value is -3.62. The standard InChI is InChI=1S/C27H28BNO6/c1-16-22(25(30)35-27(2,3)4)13-17(14-24(16)28(32)33)29-26(31)34-15-23-20-11-7-5-9-18(20)19-10-6-8-12-21(19)23/h5-14,23,32-33H,15H2,1-4H3,(H,29,31). The maximum Gasteiger partial charge on any atom is 0.488 e. The second-order valence-electron chi connectivity index (χ2n) is 9.56. The minimum atomic E-state index is -1.83. The summed E-state index contributed by atoms with van der Waals surface area (Å²) in [6.07, 6.45) is -0.718. The van der Waals surface area contributed by atoms with E-state index in [9.17, 15) is 19.6 Å². The average Bonchev–Trinajstić information content (AvgIpc) is 3.11. The van der Waals surface area contributed by atoms with Gasteiger partial charge in [0.2, 0.25) is 0 Å². The van der Waals surface area contributed by atoms with Crippen molar-refractivity contribution < 1.29 is 29.1 Å². The number of hydrogen-bond acceptors (Lipinski definition) is 6. The minimum absolute atomic E-state index is 0.0855. The summed E-state index contributed by atoms with van der Waals surface area (Å²) in [4.78, 5) is 25.4. The lowest BCUT2D eigenvalue weighted by Crippen LogP contribution is -2.35. The van der Waals surface area contributed by atoms with E-state index < -0.39 is 24.8 Å². The molecule has 0 fully saturated rings. The Morgan fingerprint density at radius 1 is 0.971 bits per heavy atom. The van der Waals surface area contributed by atoms with Crippen molar-refractivity contribution in [1.29, 1.82) is 0 Å². The number of rotatable bonds is 5. The third kappa shape index (κ3) is 5.23. The van der Waals surface area contributed by atoms with Crippen LogP contribution >= 0.6 is 0 Å². The lowest BCUT2D eigenvalue weighted by Gasteiger charge is -2.21. The van der Waals surface area contributed by atoms with Crippen LogP contribution in [0, 0.1) is 6.92 Å². The van der Waals surface area contributed by atoms with Gasteiger partial charge in [0.15, 0.2) is 0 Å². The van der Waals surface area contributed by atoms with Gasteiger partial charge >= 0.3 is 19.2 Å². The molecule has 8 heteroatoms. The van der Waals surface area contributed by atoms with Crippen molar-refractivity contribution in [3.05, 3.63) is 82.9 Å². The predicted octanol–water partition coefficient (Wildman–Crippen LogP) is 3.99. The molecule has 0 radical (unpaired) electrons. The summed E-state index contributed by atoms with van der Waals surface area (Å²) in [5.74, 6) is -0.730. The first kappa shape index (κ1) is 24.5. The first-order chi connectivity index (χ1) is 16.5. The molecule has 4 rings (SSSR count). The van der Waals surface area contributed by atoms with E-state index in [-0.39, 0.29) is 29.2 Å². The number of carbonyl (C=O) groups excluding carboxylic acids is 2. The molecule has 1 aliphatic rings. The van der Waals surface area contributed by atoms with Crippen LogP contribution in [0.25, 0.3) is 11.1 Å². The molecule has 0 aliphatic heterocycles. The van der Waals surface area contributed by atoms with Gasteiger partial charge in [-0.25, -0.2) is 9.59 Å². The van der Waals surface area contributed by atoms with Crippen LogP contribution in [0.5, 0.6) is 0 Å². The fourth-order valence-electron chi connectivity index (χ4n) is 4.37. The van der Waals surface area contributed by atoms with Crippen LogP contribution in [-0.2, 0) is 9.47 Å². The second kappa shape index (κ2) is 9.56. The third-order valence-electron chi connectivity index (χ3n) is 5.93. The molecular weight excluding hydrogens is 445 g/mol. The van der Waals surface area contributed by atoms with E-state index >= 15 is 0 Å². The van der Waals surface area contributed by atoms with Gasteiger partial charge in [0.25, 0.3) is 0 Å². The molecule has 3 aromatic carbocycles. The monoisotopic (exact) mass is 473 g/mol. The molecule has 180 valence electrons. The van der Waals surface area contributed by atoms with Gasteiger partial charge in [0.05, 0.1) is 5.56 Å². The van der Waals surface area contributed by atoms with Crippen molar-refractivity contribution in [3.8, 4) is 11.1 Å². The Morgan fingerprint density at radius 2 is 1.54 bits per heavy atom. The summed E-state index contributed by atoms with van der Waals surface area (Å²) in [7, 11) is -1.83. The Labute approximate surface area is 204 Å². The first-order valence-electron chi connectivity index (χ1n) is 11.4. The molecule has 3 aromatic rings. The van der Waals surface area contributed by atoms with Crippen LogP contribution in [-0.4, -0.2) is 41.4 Å². The minimum Gasteiger partial charge on any atom is -0.456 e. The van der Waals surface area contributed by atoms with Gasteiger partial charge in [0, 0.05) is 11.6 Å². The summed E-state index contributed by atoms with van der Waals surface area (Å²) in [5.41, 5.74) is 4.45. The molecule has 7 nitrogen and oxygen atoms in total. The Kier molecular flexibility index (Phi) is 6.69. The molecule has 0 heterocycles. The number of esters is 1. The maximum absolute atomic E-state index is 12.7. The Morgan fingerprint density at radius 3 is 2.09 bits per heavy atom. The summed E-state index contributed by atoms with van der Waals surface area (Å²) >= 11 is 0. The van der Waals surface area contributed by atoms with Gasteiger partial charge in [0.1, 0.15) is 12.2 Å². The normalized spacial score (nSPS) is 12.5. The number of ether oxygens (including phenoxy) is 2. The van der Waals surface area contributed by atoms with Crippen LogP contribution < -0.4 is 10.8 Å². The molecule has 0 saturated heterocycles. The average molecular weight is 473 g/mol. The van der Waals surface area contributed by atoms with Crippen molar-refractivity contribution in [3.63, 3.8) is 0 Å². The van der Waals surface area contributed by atoms with Gasteiger partial charge in [-0.3, -0.25) is 5.32 Å². The molecule has 0 spiro atoms. The highest BCUT2D eigenvalue weighted by molar-refractivity contribution is 6.59. The van der Waals surface area contributed by atoms with Crippen LogP contribution in [0.2, 0.25) is 0 Å². The van der Waals surface area contributed by atoms with E-state index in [0.29, 0.717) is 5.56 Å². The molecule has 0 saturated carbocycles. The molecular formula is C27H28BNO6. The highest BCUT2D eigenvalue weighted by Crippen LogP contribution is 2.44. The highest BCUT2D eigenvalue weighted by Gasteiger charge is 2.29. The molecule has 1 amide bonds. The highest BCUT2D eigenvalue weighted by atomic mass is 16.6. The van der Waals surface area contributed by atoms with Crippen LogP contribution in [0.3, 0.4) is 0 Å². The van der Waals surface area contributed by atoms with E-state index in [0.717, 1.165) is 22.3 Å². The zero-order valence-corrected chi connectivity index (χ0v) is 20.2. The van der Waals surface area contributed by atoms with E-state index in [4.69, 9.17) is 9.47 Å². The Bertz CT molecular complexity index is 1240. The molecule has 0 bridgehead atoms. The van der Waals surface area contributed by atoms with E-state index in [1.165, 1.54) is 12.1 Å². The Balaban J connectivity index is 1.53. The van der Waals surface area contributed by atoms with Gasteiger partial charge in [-0.15, -0.1) is 0 Å². The number of amides is 1. The summed E-state index contributed by atoms with van der Waals surface area (Å²) in [6, 6.07) is 18.9. The zero-order chi connectivity index (χ0) is 25.3. The zero-order valence-electron chi connectivity index (χ0n) is 20.2. The van der Waals surface area contributed by atoms with Crippen molar-refractivity contribution >= 4 is 30.3 Å². The van der Waals surface area contributed by atoms with Crippen molar-refractivity contribution in [2.45, 2.75) is 39.2 Å². The lowest BCUT2D eigenvalue weighted by atomic mass is 9.75. The number of fused-ring (bicyclic) bond motifs is 3. The molecule has 35 heavy (non-hydrogen) atoms. The summed E-state index contributed by atoms with van der Waals surface area (Å²) in [6.45, 7) is 6.92. The largest absolute Gasteiger partial charge is 0.488 e. The number of anilines is 1. The maximum atomic E-state index is 12.7. The van der Waals surface area contributed by atoms with Crippen molar-refractivity contribution in [2.24, 2.45) is 0 Å². The summed E-state index contributed by atoms with van der Waals surface area (Å²) < 4.78 is 11.0. The van der Waals surface area contributed by atoms with Gasteiger partial charge in [-0.1, -0.05) is 48.5 Å². The van der Waals surface area contributed by atoms with Crippen LogP contribution in [0.4, 0.5) is 10.5 Å². The van der Waals surface area contributed by atoms with Crippen LogP contribution in [0.15, 0.2) is 60.7 Å². The van der Waals surface area contributed by atoms with Gasteiger partial charge < -0.3 is 19.5 Å². The number of carbonyl (C=O) groups is 2. The SMILES string of the molecule is Cc1c(B(O)O)cc(NC(=O)OCC2c3ccccc3-c3ccccc32)cc1C(=O)OC(C)(C)C. The first-order valence-corrected chi connectivity index (χ1v) is 11.4. The summed E-state index contributed by atoms with van der Waals surface area (Å²) in [5, 5.41) is 22.2. The van der Waals surface area contributed by atoms with Crippen LogP contribution in [0.1, 0.15) is 53.7 Å². The third-order valence-corrected chi connectivity index (χ3v) is 5.93. The van der Waals surface area contributed by atoms with E-state index in [1.54, 1.807) is 27.7 Å². The molecule has 3 N–H and O–H groups in total. The second-order valence-corrected chi connectivity index (χ2v) is 9.56. The quantitative estimate of drug-likeness (QED) is 0.382. The van der Waals surface area contributed by atoms with E-state index in [2.05, 4.69) is 17.4 Å². The molecule has 0 aromatic heterocycles. The van der Waals surface area contributed by atoms with Gasteiger partial charge in [-0.05, 0) is 73.1 Å². The molecule has 0 atom stereocenters. The number of nitrogens with one attached hydrogen (secondary N) is 1.